The van der Waals surface area contributed by atoms with E-state index in [2.05, 4.69) is 46.3 Å². The second-order valence-corrected chi connectivity index (χ2v) is 7.91. The minimum Gasteiger partial charge on any atom is -0.366 e. The van der Waals surface area contributed by atoms with Crippen molar-refractivity contribution in [2.24, 2.45) is 5.73 Å². The number of amides is 2. The third-order valence-corrected chi connectivity index (χ3v) is 5.82. The highest BCUT2D eigenvalue weighted by molar-refractivity contribution is 7.14. The number of primary amides is 1. The van der Waals surface area contributed by atoms with Gasteiger partial charge in [-0.05, 0) is 30.9 Å². The largest absolute Gasteiger partial charge is 0.366 e. The molecule has 1 saturated heterocycles. The zero-order valence-corrected chi connectivity index (χ0v) is 16.6. The molecule has 0 spiro atoms. The van der Waals surface area contributed by atoms with Crippen LogP contribution in [-0.2, 0) is 11.3 Å². The van der Waals surface area contributed by atoms with Crippen molar-refractivity contribution in [3.8, 4) is 0 Å². The van der Waals surface area contributed by atoms with Gasteiger partial charge in [0.2, 0.25) is 5.91 Å². The molecule has 3 rings (SSSR count). The van der Waals surface area contributed by atoms with Crippen molar-refractivity contribution in [2.75, 3.05) is 31.5 Å². The van der Waals surface area contributed by atoms with Crippen LogP contribution in [0, 0.1) is 6.92 Å². The first-order valence-electron chi connectivity index (χ1n) is 9.14. The fourth-order valence-electron chi connectivity index (χ4n) is 3.36. The maximum absolute atomic E-state index is 12.6. The topological polar surface area (TPSA) is 78.7 Å². The van der Waals surface area contributed by atoms with Gasteiger partial charge < -0.3 is 11.1 Å². The fraction of sp³-hybridized carbons (Fsp3) is 0.400. The standard InChI is InChI=1S/C20H26N4O2S/c1-14-4-3-5-16(12-14)13-23-7-9-24(10-8-23)15(2)19(26)22-20-17(18(21)25)6-11-27-20/h3-6,11-12,15H,7-10,13H2,1-2H3,(H2,21,25)(H,22,26). The number of nitrogens with zero attached hydrogens (tertiary/aromatic N) is 2. The number of benzene rings is 1. The Morgan fingerprint density at radius 2 is 1.96 bits per heavy atom. The quantitative estimate of drug-likeness (QED) is 0.798. The smallest absolute Gasteiger partial charge is 0.251 e. The van der Waals surface area contributed by atoms with Crippen LogP contribution in [0.5, 0.6) is 0 Å². The molecule has 6 nitrogen and oxygen atoms in total. The molecule has 1 aromatic heterocycles. The summed E-state index contributed by atoms with van der Waals surface area (Å²) in [6.07, 6.45) is 0. The molecule has 0 aliphatic carbocycles. The molecule has 2 amide bonds. The van der Waals surface area contributed by atoms with E-state index in [0.717, 1.165) is 32.7 Å². The van der Waals surface area contributed by atoms with Crippen LogP contribution in [0.1, 0.15) is 28.4 Å². The van der Waals surface area contributed by atoms with Crippen molar-refractivity contribution in [3.63, 3.8) is 0 Å². The summed E-state index contributed by atoms with van der Waals surface area (Å²) in [6, 6.07) is 9.97. The van der Waals surface area contributed by atoms with Crippen molar-refractivity contribution in [1.29, 1.82) is 0 Å². The molecule has 1 aliphatic rings. The number of hydrogen-bond donors (Lipinski definition) is 2. The van der Waals surface area contributed by atoms with Gasteiger partial charge in [-0.3, -0.25) is 19.4 Å². The zero-order chi connectivity index (χ0) is 19.4. The number of nitrogens with one attached hydrogen (secondary N) is 1. The highest BCUT2D eigenvalue weighted by Gasteiger charge is 2.26. The number of carbonyl (C=O) groups is 2. The molecule has 144 valence electrons. The first kappa shape index (κ1) is 19.5. The average Bonchev–Trinajstić information content (AvgIpc) is 3.10. The Balaban J connectivity index is 1.51. The van der Waals surface area contributed by atoms with Gasteiger partial charge in [0.25, 0.3) is 5.91 Å². The molecule has 0 radical (unpaired) electrons. The van der Waals surface area contributed by atoms with E-state index >= 15 is 0 Å². The normalized spacial score (nSPS) is 16.8. The van der Waals surface area contributed by atoms with Crippen LogP contribution < -0.4 is 11.1 Å². The summed E-state index contributed by atoms with van der Waals surface area (Å²) in [7, 11) is 0. The lowest BCUT2D eigenvalue weighted by atomic mass is 10.1. The molecule has 1 atom stereocenters. The highest BCUT2D eigenvalue weighted by atomic mass is 32.1. The summed E-state index contributed by atoms with van der Waals surface area (Å²) in [5.41, 5.74) is 8.31. The number of anilines is 1. The maximum Gasteiger partial charge on any atom is 0.251 e. The summed E-state index contributed by atoms with van der Waals surface area (Å²) in [6.45, 7) is 8.49. The summed E-state index contributed by atoms with van der Waals surface area (Å²) in [4.78, 5) is 28.6. The Labute approximate surface area is 164 Å². The Kier molecular flexibility index (Phi) is 6.26. The molecule has 27 heavy (non-hydrogen) atoms. The minimum absolute atomic E-state index is 0.105. The Hall–Kier alpha value is -2.22. The van der Waals surface area contributed by atoms with Crippen LogP contribution >= 0.6 is 11.3 Å². The lowest BCUT2D eigenvalue weighted by Gasteiger charge is -2.37. The molecular formula is C20H26N4O2S. The van der Waals surface area contributed by atoms with Crippen LogP contribution in [0.3, 0.4) is 0 Å². The van der Waals surface area contributed by atoms with E-state index in [1.165, 1.54) is 22.5 Å². The van der Waals surface area contributed by atoms with E-state index < -0.39 is 5.91 Å². The van der Waals surface area contributed by atoms with E-state index in [1.54, 1.807) is 11.4 Å². The molecule has 2 aromatic rings. The number of hydrogen-bond acceptors (Lipinski definition) is 5. The number of nitrogens with two attached hydrogens (primary N) is 1. The lowest BCUT2D eigenvalue weighted by Crippen LogP contribution is -2.52. The lowest BCUT2D eigenvalue weighted by molar-refractivity contribution is -0.121. The first-order chi connectivity index (χ1) is 12.9. The van der Waals surface area contributed by atoms with Crippen LogP contribution in [0.2, 0.25) is 0 Å². The van der Waals surface area contributed by atoms with Gasteiger partial charge in [-0.2, -0.15) is 0 Å². The van der Waals surface area contributed by atoms with Crippen molar-refractivity contribution in [2.45, 2.75) is 26.4 Å². The molecule has 3 N–H and O–H groups in total. The van der Waals surface area contributed by atoms with Crippen molar-refractivity contribution in [1.82, 2.24) is 9.80 Å². The first-order valence-corrected chi connectivity index (χ1v) is 10.0. The molecule has 1 aliphatic heterocycles. The van der Waals surface area contributed by atoms with E-state index in [-0.39, 0.29) is 11.9 Å². The maximum atomic E-state index is 12.6. The number of piperazine rings is 1. The predicted molar refractivity (Wildman–Crippen MR) is 109 cm³/mol. The molecule has 1 aromatic carbocycles. The predicted octanol–water partition coefficient (Wildman–Crippen LogP) is 2.30. The summed E-state index contributed by atoms with van der Waals surface area (Å²) >= 11 is 1.31. The third kappa shape index (κ3) is 4.94. The molecule has 1 unspecified atom stereocenters. The highest BCUT2D eigenvalue weighted by Crippen LogP contribution is 2.23. The van der Waals surface area contributed by atoms with Crippen LogP contribution in [0.15, 0.2) is 35.7 Å². The Bertz CT molecular complexity index is 812. The minimum atomic E-state index is -0.524. The molecule has 1 fully saturated rings. The van der Waals surface area contributed by atoms with Crippen LogP contribution in [-0.4, -0.2) is 53.8 Å². The molecule has 7 heteroatoms. The summed E-state index contributed by atoms with van der Waals surface area (Å²) in [5, 5.41) is 5.13. The molecule has 0 saturated carbocycles. The average molecular weight is 387 g/mol. The van der Waals surface area contributed by atoms with E-state index in [4.69, 9.17) is 5.73 Å². The summed E-state index contributed by atoms with van der Waals surface area (Å²) < 4.78 is 0. The van der Waals surface area contributed by atoms with Crippen molar-refractivity contribution < 1.29 is 9.59 Å². The van der Waals surface area contributed by atoms with Gasteiger partial charge in [0.1, 0.15) is 5.00 Å². The number of aryl methyl sites for hydroxylation is 1. The van der Waals surface area contributed by atoms with Crippen LogP contribution in [0.25, 0.3) is 0 Å². The van der Waals surface area contributed by atoms with Gasteiger partial charge in [0, 0.05) is 32.7 Å². The number of thiophene rings is 1. The molecule has 2 heterocycles. The molecule has 0 bridgehead atoms. The Morgan fingerprint density at radius 3 is 2.63 bits per heavy atom. The van der Waals surface area contributed by atoms with E-state index in [0.29, 0.717) is 10.6 Å². The number of rotatable bonds is 6. The van der Waals surface area contributed by atoms with Gasteiger partial charge in [-0.1, -0.05) is 29.8 Å². The Morgan fingerprint density at radius 1 is 1.22 bits per heavy atom. The van der Waals surface area contributed by atoms with E-state index in [9.17, 15) is 9.59 Å². The van der Waals surface area contributed by atoms with E-state index in [1.807, 2.05) is 6.92 Å². The second-order valence-electron chi connectivity index (χ2n) is 6.99. The fourth-order valence-corrected chi connectivity index (χ4v) is 4.16. The van der Waals surface area contributed by atoms with Crippen LogP contribution in [0.4, 0.5) is 5.00 Å². The molecular weight excluding hydrogens is 360 g/mol. The number of carbonyl (C=O) groups excluding carboxylic acids is 2. The zero-order valence-electron chi connectivity index (χ0n) is 15.8. The van der Waals surface area contributed by atoms with Gasteiger partial charge in [0.15, 0.2) is 0 Å². The van der Waals surface area contributed by atoms with Gasteiger partial charge in [-0.25, -0.2) is 0 Å². The monoisotopic (exact) mass is 386 g/mol. The van der Waals surface area contributed by atoms with Crippen molar-refractivity contribution >= 4 is 28.2 Å². The second kappa shape index (κ2) is 8.65. The SMILES string of the molecule is Cc1cccc(CN2CCN(C(C)C(=O)Nc3sccc3C(N)=O)CC2)c1. The third-order valence-electron chi connectivity index (χ3n) is 4.99. The van der Waals surface area contributed by atoms with Gasteiger partial charge >= 0.3 is 0 Å². The van der Waals surface area contributed by atoms with Gasteiger partial charge in [0.05, 0.1) is 11.6 Å². The van der Waals surface area contributed by atoms with Gasteiger partial charge in [-0.15, -0.1) is 11.3 Å². The summed E-state index contributed by atoms with van der Waals surface area (Å²) in [5.74, 6) is -0.629. The van der Waals surface area contributed by atoms with Crippen molar-refractivity contribution in [3.05, 3.63) is 52.4 Å².